The molecule has 0 saturated carbocycles. The maximum atomic E-state index is 15.8. The lowest BCUT2D eigenvalue weighted by Crippen LogP contribution is -2.35. The molecule has 0 spiro atoms. The van der Waals surface area contributed by atoms with Crippen LogP contribution in [0.5, 0.6) is 0 Å². The molecule has 0 unspecified atom stereocenters. The molecule has 1 amide bonds. The summed E-state index contributed by atoms with van der Waals surface area (Å²) in [5, 5.41) is 25.4. The highest BCUT2D eigenvalue weighted by atomic mass is 32.1. The van der Waals surface area contributed by atoms with Crippen molar-refractivity contribution in [2.45, 2.75) is 56.7 Å². The van der Waals surface area contributed by atoms with Crippen molar-refractivity contribution in [3.63, 3.8) is 0 Å². The van der Waals surface area contributed by atoms with Crippen LogP contribution in [0, 0.1) is 17.6 Å². The van der Waals surface area contributed by atoms with Gasteiger partial charge in [-0.1, -0.05) is 23.5 Å². The van der Waals surface area contributed by atoms with Gasteiger partial charge in [0, 0.05) is 47.7 Å². The third kappa shape index (κ3) is 6.56. The summed E-state index contributed by atoms with van der Waals surface area (Å²) in [6.45, 7) is 2.51. The standard InChI is InChI=1S/C38H33F6N9O2S/c1-37(2,55)16-46-36-49-35-26(56-36)14-23(20-6-4-8-22-31(20)52(3)51-34(22)45)29(48-35)25(12-17-10-18(39)13-19(40)11-17)47-27(54)15-53-32-28(30(50-53)33(41)42)21-7-5-9-24(21)38(32,43)44/h4,6-11,13-14,21,24-25,33,55H,12,15-16H2,1-3H3,(H2,45,51)(H,47,54)(H,46,48,49)/t21-,24+,25-/m0/s1. The number of nitrogens with two attached hydrogens (primary N) is 1. The monoisotopic (exact) mass is 793 g/mol. The summed E-state index contributed by atoms with van der Waals surface area (Å²) in [6, 6.07) is 8.74. The van der Waals surface area contributed by atoms with Gasteiger partial charge >= 0.3 is 0 Å². The molecule has 4 aromatic heterocycles. The Labute approximate surface area is 318 Å². The number of allylic oxidation sites excluding steroid dienone is 1. The minimum atomic E-state index is -3.64. The van der Waals surface area contributed by atoms with Gasteiger partial charge in [-0.05, 0) is 62.2 Å². The number of carbonyl (C=O) groups is 1. The van der Waals surface area contributed by atoms with Crippen LogP contribution in [0.2, 0.25) is 0 Å². The van der Waals surface area contributed by atoms with Crippen LogP contribution < -0.4 is 16.4 Å². The smallest absolute Gasteiger partial charge is 0.297 e. The Hall–Kier alpha value is -5.71. The number of aryl methyl sites for hydroxylation is 1. The lowest BCUT2D eigenvalue weighted by atomic mass is 9.94. The SMILES string of the molecule is Cn1nc(N)c2cccc(-c3cc4sc(NCC(C)(C)O)nc4nc3[C@H](Cc3cc(F)cc(F)c3)NC(=O)Cn3nc(C(F)F)c4c3C(F)(F)[C@@H]3C=C=C[C@H]43)c21. The Balaban J connectivity index is 1.26. The number of aromatic nitrogens is 6. The van der Waals surface area contributed by atoms with Gasteiger partial charge in [0.2, 0.25) is 5.91 Å². The van der Waals surface area contributed by atoms with Crippen molar-refractivity contribution < 1.29 is 36.2 Å². The molecule has 2 aliphatic rings. The Kier molecular flexibility index (Phi) is 8.97. The molecule has 0 radical (unpaired) electrons. The first-order valence-corrected chi connectivity index (χ1v) is 18.2. The molecule has 290 valence electrons. The molecule has 5 N–H and O–H groups in total. The van der Waals surface area contributed by atoms with Crippen LogP contribution in [0.25, 0.3) is 32.4 Å². The molecule has 6 aromatic rings. The summed E-state index contributed by atoms with van der Waals surface area (Å²) < 4.78 is 92.0. The van der Waals surface area contributed by atoms with E-state index < -0.39 is 71.3 Å². The first-order valence-electron chi connectivity index (χ1n) is 17.4. The molecular weight excluding hydrogens is 761 g/mol. The average molecular weight is 794 g/mol. The molecule has 0 saturated heterocycles. The summed E-state index contributed by atoms with van der Waals surface area (Å²) >= 11 is 1.25. The summed E-state index contributed by atoms with van der Waals surface area (Å²) in [4.78, 5) is 23.5. The number of hydrogen-bond acceptors (Lipinski definition) is 9. The number of anilines is 2. The number of aliphatic hydroxyl groups is 1. The summed E-state index contributed by atoms with van der Waals surface area (Å²) in [7, 11) is 1.69. The molecule has 4 heterocycles. The van der Waals surface area contributed by atoms with Crippen LogP contribution in [-0.2, 0) is 30.7 Å². The van der Waals surface area contributed by atoms with E-state index in [4.69, 9.17) is 10.7 Å². The van der Waals surface area contributed by atoms with Gasteiger partial charge in [0.25, 0.3) is 12.3 Å². The number of benzene rings is 2. The van der Waals surface area contributed by atoms with E-state index >= 15 is 8.78 Å². The molecule has 0 aliphatic heterocycles. The van der Waals surface area contributed by atoms with Crippen LogP contribution in [-0.4, -0.2) is 52.7 Å². The molecule has 3 atom stereocenters. The van der Waals surface area contributed by atoms with Crippen molar-refractivity contribution in [3.8, 4) is 11.1 Å². The van der Waals surface area contributed by atoms with Crippen molar-refractivity contribution in [2.24, 2.45) is 13.0 Å². The zero-order valence-electron chi connectivity index (χ0n) is 29.9. The highest BCUT2D eigenvalue weighted by Gasteiger charge is 2.58. The molecule has 2 aromatic carbocycles. The summed E-state index contributed by atoms with van der Waals surface area (Å²) in [5.41, 5.74) is 7.91. The summed E-state index contributed by atoms with van der Waals surface area (Å²) in [6.07, 6.45) is -1.03. The number of nitrogen functional groups attached to an aromatic ring is 1. The van der Waals surface area contributed by atoms with Crippen LogP contribution >= 0.6 is 11.3 Å². The van der Waals surface area contributed by atoms with Gasteiger partial charge in [0.05, 0.1) is 33.5 Å². The molecule has 8 rings (SSSR count). The van der Waals surface area contributed by atoms with Crippen LogP contribution in [0.1, 0.15) is 60.4 Å². The molecule has 0 fully saturated rings. The number of carbonyl (C=O) groups excluding carboxylic acids is 1. The van der Waals surface area contributed by atoms with Gasteiger partial charge < -0.3 is 21.5 Å². The van der Waals surface area contributed by atoms with Gasteiger partial charge in [-0.25, -0.2) is 27.5 Å². The maximum Gasteiger partial charge on any atom is 0.297 e. The number of hydrogen-bond donors (Lipinski definition) is 4. The number of rotatable bonds is 11. The minimum absolute atomic E-state index is 0.118. The second kappa shape index (κ2) is 13.5. The van der Waals surface area contributed by atoms with E-state index in [1.54, 1.807) is 49.8 Å². The molecule has 11 nitrogen and oxygen atoms in total. The van der Waals surface area contributed by atoms with Gasteiger partial charge in [0.15, 0.2) is 16.6 Å². The van der Waals surface area contributed by atoms with Gasteiger partial charge in [-0.3, -0.25) is 14.2 Å². The largest absolute Gasteiger partial charge is 0.389 e. The predicted molar refractivity (Wildman–Crippen MR) is 197 cm³/mol. The lowest BCUT2D eigenvalue weighted by molar-refractivity contribution is -0.123. The molecule has 2 aliphatic carbocycles. The quantitative estimate of drug-likeness (QED) is 0.0806. The topological polar surface area (TPSA) is 149 Å². The fourth-order valence-corrected chi connectivity index (χ4v) is 8.38. The van der Waals surface area contributed by atoms with E-state index in [9.17, 15) is 27.5 Å². The van der Waals surface area contributed by atoms with Crippen molar-refractivity contribution in [1.29, 1.82) is 0 Å². The normalized spacial score (nSPS) is 17.6. The fraction of sp³-hybridized carbons (Fsp3) is 0.316. The molecular formula is C38H33F6N9O2S. The Bertz CT molecular complexity index is 2600. The lowest BCUT2D eigenvalue weighted by Gasteiger charge is -2.23. The molecule has 18 heteroatoms. The number of fused-ring (bicyclic) bond motifs is 5. The van der Waals surface area contributed by atoms with E-state index in [2.05, 4.69) is 31.5 Å². The third-order valence-corrected chi connectivity index (χ3v) is 10.8. The first-order chi connectivity index (χ1) is 26.5. The van der Waals surface area contributed by atoms with E-state index in [1.807, 2.05) is 0 Å². The van der Waals surface area contributed by atoms with Gasteiger partial charge in [0.1, 0.15) is 29.6 Å². The Morgan fingerprint density at radius 3 is 2.54 bits per heavy atom. The highest BCUT2D eigenvalue weighted by molar-refractivity contribution is 7.22. The number of nitrogens with one attached hydrogen (secondary N) is 2. The van der Waals surface area contributed by atoms with Crippen molar-refractivity contribution in [3.05, 3.63) is 100 Å². The van der Waals surface area contributed by atoms with E-state index in [0.717, 1.165) is 18.2 Å². The Morgan fingerprint density at radius 2 is 1.82 bits per heavy atom. The number of alkyl halides is 4. The van der Waals surface area contributed by atoms with Gasteiger partial charge in [-0.15, -0.1) is 5.73 Å². The van der Waals surface area contributed by atoms with Crippen LogP contribution in [0.4, 0.5) is 37.3 Å². The van der Waals surface area contributed by atoms with Crippen molar-refractivity contribution >= 4 is 49.4 Å². The second-order valence-electron chi connectivity index (χ2n) is 14.5. The van der Waals surface area contributed by atoms with Crippen LogP contribution in [0.3, 0.4) is 0 Å². The third-order valence-electron chi connectivity index (χ3n) is 9.82. The minimum Gasteiger partial charge on any atom is -0.389 e. The predicted octanol–water partition coefficient (Wildman–Crippen LogP) is 7.05. The average Bonchev–Trinajstić information content (AvgIpc) is 3.92. The van der Waals surface area contributed by atoms with Gasteiger partial charge in [-0.2, -0.15) is 19.0 Å². The number of thiazole rings is 1. The fourth-order valence-electron chi connectivity index (χ4n) is 7.54. The number of pyridine rings is 1. The second-order valence-corrected chi connectivity index (χ2v) is 15.6. The van der Waals surface area contributed by atoms with Crippen LogP contribution in [0.15, 0.2) is 60.3 Å². The Morgan fingerprint density at radius 1 is 1.07 bits per heavy atom. The number of para-hydroxylation sites is 1. The van der Waals surface area contributed by atoms with Crippen molar-refractivity contribution in [2.75, 3.05) is 17.6 Å². The highest BCUT2D eigenvalue weighted by Crippen LogP contribution is 2.57. The van der Waals surface area contributed by atoms with E-state index in [1.165, 1.54) is 17.4 Å². The molecule has 56 heavy (non-hydrogen) atoms. The number of halogens is 6. The maximum absolute atomic E-state index is 15.8. The van der Waals surface area contributed by atoms with E-state index in [-0.39, 0.29) is 41.3 Å². The van der Waals surface area contributed by atoms with Crippen molar-refractivity contribution in [1.82, 2.24) is 34.8 Å². The summed E-state index contributed by atoms with van der Waals surface area (Å²) in [5.74, 6) is -8.61. The molecule has 0 bridgehead atoms. The zero-order chi connectivity index (χ0) is 39.8. The number of nitrogens with zero attached hydrogens (tertiary/aromatic N) is 6. The number of amides is 1. The first kappa shape index (κ1) is 37.2. The zero-order valence-corrected chi connectivity index (χ0v) is 30.7. The van der Waals surface area contributed by atoms with E-state index in [0.29, 0.717) is 42.6 Å².